The number of ether oxygens (including phenoxy) is 1. The number of carbonyl (C=O) groups excluding carboxylic acids is 2. The molecule has 0 aliphatic heterocycles. The number of fused-ring (bicyclic) bond motifs is 1. The first-order valence-electron chi connectivity index (χ1n) is 8.69. The number of anilines is 1. The highest BCUT2D eigenvalue weighted by molar-refractivity contribution is 5.86. The average Bonchev–Trinajstić information content (AvgIpc) is 2.68. The molecule has 1 amide bonds. The molecule has 0 bridgehead atoms. The number of rotatable bonds is 7. The molecule has 2 aromatic rings. The Labute approximate surface area is 158 Å². The number of benzene rings is 1. The van der Waals surface area contributed by atoms with Gasteiger partial charge >= 0.3 is 5.97 Å². The highest BCUT2D eigenvalue weighted by Crippen LogP contribution is 2.27. The van der Waals surface area contributed by atoms with Crippen molar-refractivity contribution in [2.45, 2.75) is 19.8 Å². The monoisotopic (exact) mass is 369 g/mol. The second-order valence-electron chi connectivity index (χ2n) is 5.93. The van der Waals surface area contributed by atoms with Crippen molar-refractivity contribution in [2.24, 2.45) is 0 Å². The van der Waals surface area contributed by atoms with Gasteiger partial charge in [0.1, 0.15) is 5.69 Å². The number of amides is 1. The summed E-state index contributed by atoms with van der Waals surface area (Å²) in [4.78, 5) is 36.9. The molecule has 0 saturated carbocycles. The number of likely N-dealkylation sites (N-methyl/N-ethyl adjacent to an activating group) is 2. The Bertz CT molecular complexity index is 873. The lowest BCUT2D eigenvalue weighted by Gasteiger charge is -2.25. The van der Waals surface area contributed by atoms with E-state index in [1.165, 1.54) is 7.11 Å². The molecule has 8 nitrogen and oxygen atoms in total. The van der Waals surface area contributed by atoms with Crippen LogP contribution in [-0.2, 0) is 14.3 Å². The van der Waals surface area contributed by atoms with Crippen LogP contribution in [0.3, 0.4) is 0 Å². The molecule has 0 spiro atoms. The molecule has 0 aliphatic carbocycles. The topological polar surface area (TPSA) is 99.4 Å². The van der Waals surface area contributed by atoms with Crippen LogP contribution in [0.15, 0.2) is 24.3 Å². The van der Waals surface area contributed by atoms with Crippen LogP contribution >= 0.6 is 0 Å². The molecule has 0 aliphatic rings. The van der Waals surface area contributed by atoms with Crippen LogP contribution < -0.4 is 4.90 Å². The third kappa shape index (κ3) is 4.31. The van der Waals surface area contributed by atoms with Gasteiger partial charge in [0.15, 0.2) is 11.7 Å². The Balaban J connectivity index is 2.52. The van der Waals surface area contributed by atoms with Crippen molar-refractivity contribution in [3.63, 3.8) is 0 Å². The predicted molar refractivity (Wildman–Crippen MR) is 101 cm³/mol. The fourth-order valence-corrected chi connectivity index (χ4v) is 2.78. The van der Waals surface area contributed by atoms with Crippen LogP contribution in [0.25, 0.3) is 11.0 Å². The van der Waals surface area contributed by atoms with Gasteiger partial charge in [0.05, 0.1) is 30.8 Å². The number of hydrogen-bond acceptors (Lipinski definition) is 7. The largest absolute Gasteiger partial charge is 0.468 e. The van der Waals surface area contributed by atoms with Gasteiger partial charge in [0, 0.05) is 20.1 Å². The normalized spacial score (nSPS) is 11.5. The zero-order valence-electron chi connectivity index (χ0n) is 16.0. The van der Waals surface area contributed by atoms with Crippen molar-refractivity contribution >= 4 is 28.7 Å². The average molecular weight is 369 g/mol. The Kier molecular flexibility index (Phi) is 6.66. The van der Waals surface area contributed by atoms with E-state index in [0.29, 0.717) is 29.9 Å². The highest BCUT2D eigenvalue weighted by atomic mass is 16.5. The van der Waals surface area contributed by atoms with Crippen molar-refractivity contribution < 1.29 is 14.3 Å². The van der Waals surface area contributed by atoms with Gasteiger partial charge in [-0.15, -0.1) is 0 Å². The summed E-state index contributed by atoms with van der Waals surface area (Å²) in [5.41, 5.74) is 1.35. The van der Waals surface area contributed by atoms with Crippen LogP contribution in [0.4, 0.5) is 5.82 Å². The molecule has 0 radical (unpaired) electrons. The van der Waals surface area contributed by atoms with Crippen LogP contribution in [0.5, 0.6) is 0 Å². The summed E-state index contributed by atoms with van der Waals surface area (Å²) in [6.07, 6.45) is 0. The van der Waals surface area contributed by atoms with Gasteiger partial charge in [-0.1, -0.05) is 12.1 Å². The minimum Gasteiger partial charge on any atom is -0.468 e. The SMILES string of the molecule is CCN(CC)C(=O)CN(C)c1nc2ccccc2nc1[C@H](C#N)C(=O)OC. The Morgan fingerprint density at radius 1 is 1.19 bits per heavy atom. The summed E-state index contributed by atoms with van der Waals surface area (Å²) >= 11 is 0. The second-order valence-corrected chi connectivity index (χ2v) is 5.93. The molecular formula is C19H23N5O3. The number of aromatic nitrogens is 2. The number of esters is 1. The van der Waals surface area contributed by atoms with E-state index < -0.39 is 11.9 Å². The van der Waals surface area contributed by atoms with E-state index in [9.17, 15) is 14.9 Å². The van der Waals surface area contributed by atoms with E-state index in [1.807, 2.05) is 26.0 Å². The van der Waals surface area contributed by atoms with Crippen LogP contribution in [0.2, 0.25) is 0 Å². The van der Waals surface area contributed by atoms with Gasteiger partial charge < -0.3 is 14.5 Å². The summed E-state index contributed by atoms with van der Waals surface area (Å²) in [7, 11) is 2.91. The number of hydrogen-bond donors (Lipinski definition) is 0. The van der Waals surface area contributed by atoms with Gasteiger partial charge in [-0.2, -0.15) is 5.26 Å². The lowest BCUT2D eigenvalue weighted by molar-refractivity contribution is -0.141. The summed E-state index contributed by atoms with van der Waals surface area (Å²) in [6, 6.07) is 9.09. The standard InChI is InChI=1S/C19H23N5O3/c1-5-24(6-2)16(25)12-23(3)18-17(13(11-20)19(26)27-4)21-14-9-7-8-10-15(14)22-18/h7-10,13H,5-6,12H2,1-4H3/t13-/m0/s1. The van der Waals surface area contributed by atoms with Gasteiger partial charge in [-0.3, -0.25) is 9.59 Å². The van der Waals surface area contributed by atoms with E-state index in [-0.39, 0.29) is 18.1 Å². The smallest absolute Gasteiger partial charge is 0.329 e. The predicted octanol–water partition coefficient (Wildman–Crippen LogP) is 1.71. The maximum absolute atomic E-state index is 12.5. The first kappa shape index (κ1) is 20.1. The van der Waals surface area contributed by atoms with E-state index in [4.69, 9.17) is 4.74 Å². The Morgan fingerprint density at radius 3 is 2.30 bits per heavy atom. The summed E-state index contributed by atoms with van der Waals surface area (Å²) < 4.78 is 4.74. The third-order valence-corrected chi connectivity index (χ3v) is 4.27. The van der Waals surface area contributed by atoms with Gasteiger partial charge in [-0.05, 0) is 26.0 Å². The molecule has 1 aromatic heterocycles. The number of para-hydroxylation sites is 2. The first-order valence-corrected chi connectivity index (χ1v) is 8.69. The van der Waals surface area contributed by atoms with Crippen molar-refractivity contribution in [3.05, 3.63) is 30.0 Å². The lowest BCUT2D eigenvalue weighted by Crippen LogP contribution is -2.39. The maximum Gasteiger partial charge on any atom is 0.329 e. The second kappa shape index (κ2) is 8.94. The first-order chi connectivity index (χ1) is 13.0. The fourth-order valence-electron chi connectivity index (χ4n) is 2.78. The summed E-state index contributed by atoms with van der Waals surface area (Å²) in [5.74, 6) is -1.71. The molecule has 8 heteroatoms. The zero-order valence-corrected chi connectivity index (χ0v) is 16.0. The Morgan fingerprint density at radius 2 is 1.78 bits per heavy atom. The van der Waals surface area contributed by atoms with Crippen LogP contribution in [-0.4, -0.2) is 60.5 Å². The minimum absolute atomic E-state index is 0.0566. The Hall–Kier alpha value is -3.21. The number of methoxy groups -OCH3 is 1. The molecule has 1 heterocycles. The molecule has 142 valence electrons. The molecule has 0 unspecified atom stereocenters. The molecular weight excluding hydrogens is 346 g/mol. The van der Waals surface area contributed by atoms with Crippen molar-refractivity contribution in [3.8, 4) is 6.07 Å². The van der Waals surface area contributed by atoms with Crippen molar-refractivity contribution in [1.82, 2.24) is 14.9 Å². The number of nitrogens with zero attached hydrogens (tertiary/aromatic N) is 5. The van der Waals surface area contributed by atoms with Crippen molar-refractivity contribution in [1.29, 1.82) is 5.26 Å². The molecule has 2 rings (SSSR count). The molecule has 1 aromatic carbocycles. The lowest BCUT2D eigenvalue weighted by atomic mass is 10.1. The third-order valence-electron chi connectivity index (χ3n) is 4.27. The van der Waals surface area contributed by atoms with E-state index >= 15 is 0 Å². The van der Waals surface area contributed by atoms with Crippen LogP contribution in [0, 0.1) is 11.3 Å². The van der Waals surface area contributed by atoms with Gasteiger partial charge in [0.2, 0.25) is 5.91 Å². The fraction of sp³-hybridized carbons (Fsp3) is 0.421. The van der Waals surface area contributed by atoms with Crippen molar-refractivity contribution in [2.75, 3.05) is 38.7 Å². The maximum atomic E-state index is 12.5. The number of carbonyl (C=O) groups is 2. The van der Waals surface area contributed by atoms with E-state index in [2.05, 4.69) is 9.97 Å². The number of nitriles is 1. The summed E-state index contributed by atoms with van der Waals surface area (Å²) in [6.45, 7) is 5.07. The van der Waals surface area contributed by atoms with Gasteiger partial charge in [-0.25, -0.2) is 9.97 Å². The molecule has 0 N–H and O–H groups in total. The molecule has 27 heavy (non-hydrogen) atoms. The van der Waals surface area contributed by atoms with Gasteiger partial charge in [0.25, 0.3) is 0 Å². The minimum atomic E-state index is -1.23. The van der Waals surface area contributed by atoms with E-state index in [1.54, 1.807) is 35.0 Å². The zero-order chi connectivity index (χ0) is 20.0. The quantitative estimate of drug-likeness (QED) is 0.685. The summed E-state index contributed by atoms with van der Waals surface area (Å²) in [5, 5.41) is 9.49. The molecule has 1 atom stereocenters. The molecule has 0 fully saturated rings. The molecule has 0 saturated heterocycles. The van der Waals surface area contributed by atoms with Crippen LogP contribution in [0.1, 0.15) is 25.5 Å². The highest BCUT2D eigenvalue weighted by Gasteiger charge is 2.29. The van der Waals surface area contributed by atoms with E-state index in [0.717, 1.165) is 0 Å².